The molecule has 0 aliphatic carbocycles. The van der Waals surface area contributed by atoms with Gasteiger partial charge in [0.15, 0.2) is 5.69 Å². The molecule has 0 atom stereocenters. The van der Waals surface area contributed by atoms with E-state index < -0.39 is 0 Å². The zero-order valence-electron chi connectivity index (χ0n) is 16.9. The molecule has 6 nitrogen and oxygen atoms in total. The summed E-state index contributed by atoms with van der Waals surface area (Å²) in [6, 6.07) is 10.4. The van der Waals surface area contributed by atoms with E-state index in [1.54, 1.807) is 4.90 Å². The zero-order chi connectivity index (χ0) is 19.8. The first-order chi connectivity index (χ1) is 13.7. The number of aromatic nitrogens is 1. The normalized spacial score (nSPS) is 15.9. The number of hydrogen-bond donors (Lipinski definition) is 0. The van der Waals surface area contributed by atoms with E-state index in [0.717, 1.165) is 32.7 Å². The average molecular weight is 383 g/mol. The van der Waals surface area contributed by atoms with Crippen LogP contribution in [0.1, 0.15) is 35.8 Å². The van der Waals surface area contributed by atoms with Crippen molar-refractivity contribution in [3.05, 3.63) is 59.8 Å². The molecule has 1 fully saturated rings. The van der Waals surface area contributed by atoms with Gasteiger partial charge in [0, 0.05) is 45.8 Å². The van der Waals surface area contributed by atoms with E-state index in [0.29, 0.717) is 31.2 Å². The van der Waals surface area contributed by atoms with Gasteiger partial charge in [-0.2, -0.15) is 0 Å². The van der Waals surface area contributed by atoms with Crippen LogP contribution in [0.25, 0.3) is 6.08 Å². The van der Waals surface area contributed by atoms with Gasteiger partial charge in [-0.1, -0.05) is 42.5 Å². The van der Waals surface area contributed by atoms with Gasteiger partial charge < -0.3 is 9.32 Å². The molecule has 1 aliphatic rings. The van der Waals surface area contributed by atoms with Gasteiger partial charge in [-0.3, -0.25) is 14.6 Å². The molecule has 0 unspecified atom stereocenters. The lowest BCUT2D eigenvalue weighted by Gasteiger charge is -2.33. The molecule has 1 amide bonds. The third kappa shape index (κ3) is 5.53. The van der Waals surface area contributed by atoms with Gasteiger partial charge >= 0.3 is 0 Å². The minimum Gasteiger partial charge on any atom is -0.447 e. The van der Waals surface area contributed by atoms with E-state index in [1.807, 2.05) is 19.9 Å². The van der Waals surface area contributed by atoms with Crippen LogP contribution in [0.15, 0.2) is 47.1 Å². The Balaban J connectivity index is 1.43. The Morgan fingerprint density at radius 3 is 2.46 bits per heavy atom. The quantitative estimate of drug-likeness (QED) is 0.703. The Hall–Kier alpha value is -2.44. The van der Waals surface area contributed by atoms with Crippen LogP contribution < -0.4 is 0 Å². The summed E-state index contributed by atoms with van der Waals surface area (Å²) in [4.78, 5) is 23.3. The van der Waals surface area contributed by atoms with Crippen molar-refractivity contribution in [2.75, 3.05) is 45.8 Å². The number of rotatable bonds is 8. The SMILES string of the molecule is CCN(CC)C(=O)c1coc(CN2CCN(C/C=C/c3ccccc3)CC2)n1. The first kappa shape index (κ1) is 20.3. The average Bonchev–Trinajstić information content (AvgIpc) is 3.19. The van der Waals surface area contributed by atoms with Crippen LogP contribution in [0.4, 0.5) is 0 Å². The van der Waals surface area contributed by atoms with Crippen molar-refractivity contribution in [3.63, 3.8) is 0 Å². The van der Waals surface area contributed by atoms with Gasteiger partial charge in [0.1, 0.15) is 6.26 Å². The van der Waals surface area contributed by atoms with Crippen LogP contribution in [0.5, 0.6) is 0 Å². The van der Waals surface area contributed by atoms with Crippen molar-refractivity contribution in [2.45, 2.75) is 20.4 Å². The molecule has 3 rings (SSSR count). The molecule has 2 aromatic rings. The van der Waals surface area contributed by atoms with Gasteiger partial charge in [0.25, 0.3) is 5.91 Å². The second kappa shape index (κ2) is 10.2. The van der Waals surface area contributed by atoms with Crippen molar-refractivity contribution in [2.24, 2.45) is 0 Å². The van der Waals surface area contributed by atoms with E-state index in [4.69, 9.17) is 4.42 Å². The molecule has 1 aromatic heterocycles. The van der Waals surface area contributed by atoms with E-state index in [-0.39, 0.29) is 5.91 Å². The molecule has 2 heterocycles. The molecular formula is C22H30N4O2. The van der Waals surface area contributed by atoms with Crippen molar-refractivity contribution >= 4 is 12.0 Å². The summed E-state index contributed by atoms with van der Waals surface area (Å²) < 4.78 is 5.54. The molecule has 1 aromatic carbocycles. The molecule has 0 radical (unpaired) electrons. The smallest absolute Gasteiger partial charge is 0.275 e. The fraction of sp³-hybridized carbons (Fsp3) is 0.455. The topological polar surface area (TPSA) is 52.8 Å². The zero-order valence-corrected chi connectivity index (χ0v) is 16.9. The second-order valence-electron chi connectivity index (χ2n) is 6.99. The molecule has 150 valence electrons. The lowest BCUT2D eigenvalue weighted by Crippen LogP contribution is -2.45. The second-order valence-corrected chi connectivity index (χ2v) is 6.99. The number of carbonyl (C=O) groups excluding carboxylic acids is 1. The van der Waals surface area contributed by atoms with Crippen LogP contribution in [-0.4, -0.2) is 71.4 Å². The van der Waals surface area contributed by atoms with Crippen molar-refractivity contribution < 1.29 is 9.21 Å². The Labute approximate surface area is 167 Å². The fourth-order valence-electron chi connectivity index (χ4n) is 3.38. The largest absolute Gasteiger partial charge is 0.447 e. The molecular weight excluding hydrogens is 352 g/mol. The maximum absolute atomic E-state index is 12.3. The molecule has 1 aliphatic heterocycles. The minimum absolute atomic E-state index is 0.0602. The van der Waals surface area contributed by atoms with Crippen LogP contribution >= 0.6 is 0 Å². The fourth-order valence-corrected chi connectivity index (χ4v) is 3.38. The summed E-state index contributed by atoms with van der Waals surface area (Å²) in [6.07, 6.45) is 5.89. The minimum atomic E-state index is -0.0602. The summed E-state index contributed by atoms with van der Waals surface area (Å²) in [5.74, 6) is 0.558. The Morgan fingerprint density at radius 1 is 1.11 bits per heavy atom. The Bertz CT molecular complexity index is 760. The number of nitrogens with zero attached hydrogens (tertiary/aromatic N) is 4. The molecule has 0 saturated carbocycles. The predicted octanol–water partition coefficient (Wildman–Crippen LogP) is 2.99. The van der Waals surface area contributed by atoms with Gasteiger partial charge in [0.05, 0.1) is 6.54 Å². The van der Waals surface area contributed by atoms with Gasteiger partial charge in [-0.05, 0) is 19.4 Å². The summed E-state index contributed by atoms with van der Waals surface area (Å²) in [7, 11) is 0. The molecule has 0 spiro atoms. The van der Waals surface area contributed by atoms with E-state index in [1.165, 1.54) is 11.8 Å². The first-order valence-electron chi connectivity index (χ1n) is 10.1. The van der Waals surface area contributed by atoms with Crippen LogP contribution in [-0.2, 0) is 6.54 Å². The standard InChI is InChI=1S/C22H30N4O2/c1-3-26(4-2)22(27)20-18-28-21(23-20)17-25-15-13-24(14-16-25)12-8-11-19-9-6-5-7-10-19/h5-11,18H,3-4,12-17H2,1-2H3/b11-8+. The number of oxazole rings is 1. The summed E-state index contributed by atoms with van der Waals surface area (Å²) in [5.41, 5.74) is 1.64. The first-order valence-corrected chi connectivity index (χ1v) is 10.1. The van der Waals surface area contributed by atoms with Crippen molar-refractivity contribution in [1.82, 2.24) is 19.7 Å². The molecule has 28 heavy (non-hydrogen) atoms. The maximum Gasteiger partial charge on any atom is 0.275 e. The predicted molar refractivity (Wildman–Crippen MR) is 111 cm³/mol. The van der Waals surface area contributed by atoms with Crippen LogP contribution in [0.2, 0.25) is 0 Å². The summed E-state index contributed by atoms with van der Waals surface area (Å²) in [6.45, 7) is 10.9. The van der Waals surface area contributed by atoms with Crippen LogP contribution in [0.3, 0.4) is 0 Å². The lowest BCUT2D eigenvalue weighted by molar-refractivity contribution is 0.0767. The summed E-state index contributed by atoms with van der Waals surface area (Å²) >= 11 is 0. The number of amides is 1. The van der Waals surface area contributed by atoms with Crippen molar-refractivity contribution in [3.8, 4) is 0 Å². The highest BCUT2D eigenvalue weighted by Crippen LogP contribution is 2.11. The number of benzene rings is 1. The lowest BCUT2D eigenvalue weighted by atomic mass is 10.2. The third-order valence-electron chi connectivity index (χ3n) is 5.12. The van der Waals surface area contributed by atoms with E-state index in [9.17, 15) is 4.79 Å². The van der Waals surface area contributed by atoms with Gasteiger partial charge in [-0.15, -0.1) is 0 Å². The number of piperazine rings is 1. The van der Waals surface area contributed by atoms with Gasteiger partial charge in [0.2, 0.25) is 5.89 Å². The van der Waals surface area contributed by atoms with Crippen LogP contribution in [0, 0.1) is 0 Å². The molecule has 1 saturated heterocycles. The van der Waals surface area contributed by atoms with E-state index in [2.05, 4.69) is 51.2 Å². The number of hydrogen-bond acceptors (Lipinski definition) is 5. The summed E-state index contributed by atoms with van der Waals surface area (Å²) in [5, 5.41) is 0. The van der Waals surface area contributed by atoms with Gasteiger partial charge in [-0.25, -0.2) is 4.98 Å². The Morgan fingerprint density at radius 2 is 1.79 bits per heavy atom. The molecule has 0 bridgehead atoms. The highest BCUT2D eigenvalue weighted by atomic mass is 16.3. The molecule has 0 N–H and O–H groups in total. The highest BCUT2D eigenvalue weighted by molar-refractivity contribution is 5.91. The van der Waals surface area contributed by atoms with E-state index >= 15 is 0 Å². The maximum atomic E-state index is 12.3. The molecule has 6 heteroatoms. The van der Waals surface area contributed by atoms with Crippen molar-refractivity contribution in [1.29, 1.82) is 0 Å². The Kier molecular flexibility index (Phi) is 7.39. The monoisotopic (exact) mass is 382 g/mol. The number of carbonyl (C=O) groups is 1. The third-order valence-corrected chi connectivity index (χ3v) is 5.12. The highest BCUT2D eigenvalue weighted by Gasteiger charge is 2.20.